The maximum atomic E-state index is 13.9. The molecule has 1 aliphatic heterocycles. The minimum atomic E-state index is -0.854. The van der Waals surface area contributed by atoms with Crippen LogP contribution in [-0.4, -0.2) is 35.4 Å². The number of rotatable bonds is 7. The van der Waals surface area contributed by atoms with Gasteiger partial charge in [-0.25, -0.2) is 4.39 Å². The van der Waals surface area contributed by atoms with Crippen molar-refractivity contribution >= 4 is 34.3 Å². The summed E-state index contributed by atoms with van der Waals surface area (Å²) in [7, 11) is 1.47. The summed E-state index contributed by atoms with van der Waals surface area (Å²) in [4.78, 5) is 28.8. The van der Waals surface area contributed by atoms with E-state index in [2.05, 4.69) is 20.8 Å². The van der Waals surface area contributed by atoms with Gasteiger partial charge in [-0.15, -0.1) is 0 Å². The summed E-state index contributed by atoms with van der Waals surface area (Å²) in [6, 6.07) is 17.6. The van der Waals surface area contributed by atoms with Gasteiger partial charge >= 0.3 is 0 Å². The molecule has 0 saturated heterocycles. The third kappa shape index (κ3) is 5.09. The fraction of sp³-hybridized carbons (Fsp3) is 0.250. The maximum Gasteiger partial charge on any atom is 0.290 e. The number of nitrogens with zero attached hydrogens (tertiary/aromatic N) is 1. The standard InChI is InChI=1S/C32H29ClFNO5/c1-32(2,3)21-9-7-19(8-10-21)27-26(28(36)24-16-20-15-22(33)17-25(39-4)30(20)40-24)29(37)31(38)35(27)14-13-18-5-11-23(34)12-6-18/h5-12,15-17,27,37H,13-14H2,1-4H3. The van der Waals surface area contributed by atoms with Crippen LogP contribution in [0, 0.1) is 5.82 Å². The fourth-order valence-electron chi connectivity index (χ4n) is 5.01. The van der Waals surface area contributed by atoms with Crippen LogP contribution in [0.4, 0.5) is 4.39 Å². The molecule has 8 heteroatoms. The van der Waals surface area contributed by atoms with Gasteiger partial charge in [-0.05, 0) is 52.8 Å². The minimum absolute atomic E-state index is 0.0541. The van der Waals surface area contributed by atoms with E-state index in [1.54, 1.807) is 24.3 Å². The van der Waals surface area contributed by atoms with E-state index in [-0.39, 0.29) is 29.1 Å². The number of aliphatic hydroxyl groups is 1. The summed E-state index contributed by atoms with van der Waals surface area (Å²) in [6.45, 7) is 6.48. The number of ether oxygens (including phenoxy) is 1. The van der Waals surface area contributed by atoms with Crippen molar-refractivity contribution in [1.82, 2.24) is 4.90 Å². The summed E-state index contributed by atoms with van der Waals surface area (Å²) < 4.78 is 24.7. The molecule has 2 heterocycles. The number of Topliss-reactive ketones (excluding diaryl/α,β-unsaturated/α-hetero) is 1. The molecule has 3 aromatic carbocycles. The third-order valence-corrected chi connectivity index (χ3v) is 7.40. The van der Waals surface area contributed by atoms with Crippen molar-refractivity contribution in [3.8, 4) is 5.75 Å². The van der Waals surface area contributed by atoms with Crippen LogP contribution in [-0.2, 0) is 16.6 Å². The van der Waals surface area contributed by atoms with Gasteiger partial charge in [0.15, 0.2) is 22.9 Å². The molecular formula is C32H29ClFNO5. The van der Waals surface area contributed by atoms with Crippen molar-refractivity contribution in [3.05, 3.63) is 111 Å². The highest BCUT2D eigenvalue weighted by molar-refractivity contribution is 6.31. The van der Waals surface area contributed by atoms with Crippen LogP contribution in [0.2, 0.25) is 5.02 Å². The predicted molar refractivity (Wildman–Crippen MR) is 151 cm³/mol. The van der Waals surface area contributed by atoms with E-state index in [9.17, 15) is 19.1 Å². The van der Waals surface area contributed by atoms with Crippen LogP contribution in [0.5, 0.6) is 5.75 Å². The number of carbonyl (C=O) groups is 2. The highest BCUT2D eigenvalue weighted by atomic mass is 35.5. The number of furan rings is 1. The van der Waals surface area contributed by atoms with Crippen LogP contribution < -0.4 is 4.74 Å². The van der Waals surface area contributed by atoms with Gasteiger partial charge in [0.25, 0.3) is 5.91 Å². The molecule has 0 saturated carbocycles. The van der Waals surface area contributed by atoms with Gasteiger partial charge in [0, 0.05) is 23.0 Å². The largest absolute Gasteiger partial charge is 0.503 e. The number of benzene rings is 3. The van der Waals surface area contributed by atoms with Crippen molar-refractivity contribution in [2.24, 2.45) is 0 Å². The molecule has 0 spiro atoms. The van der Waals surface area contributed by atoms with Gasteiger partial charge in [0.2, 0.25) is 5.78 Å². The Hall–Kier alpha value is -4.10. The Morgan fingerprint density at radius 1 is 1.07 bits per heavy atom. The van der Waals surface area contributed by atoms with Gasteiger partial charge in [0.05, 0.1) is 18.7 Å². The number of hydrogen-bond acceptors (Lipinski definition) is 5. The Kier molecular flexibility index (Phi) is 7.19. The fourth-order valence-corrected chi connectivity index (χ4v) is 5.23. The zero-order chi connectivity index (χ0) is 28.8. The van der Waals surface area contributed by atoms with Crippen LogP contribution in [0.1, 0.15) is 54.1 Å². The summed E-state index contributed by atoms with van der Waals surface area (Å²) >= 11 is 6.19. The van der Waals surface area contributed by atoms with Gasteiger partial charge < -0.3 is 19.2 Å². The lowest BCUT2D eigenvalue weighted by Crippen LogP contribution is -2.33. The lowest BCUT2D eigenvalue weighted by Gasteiger charge is -2.27. The molecule has 1 N–H and O–H groups in total. The molecule has 206 valence electrons. The third-order valence-electron chi connectivity index (χ3n) is 7.19. The van der Waals surface area contributed by atoms with Gasteiger partial charge in [-0.2, -0.15) is 0 Å². The molecule has 5 rings (SSSR count). The number of carbonyl (C=O) groups excluding carboxylic acids is 2. The molecule has 1 unspecified atom stereocenters. The Morgan fingerprint density at radius 2 is 1.75 bits per heavy atom. The Labute approximate surface area is 236 Å². The van der Waals surface area contributed by atoms with Crippen molar-refractivity contribution in [1.29, 1.82) is 0 Å². The number of fused-ring (bicyclic) bond motifs is 1. The minimum Gasteiger partial charge on any atom is -0.503 e. The number of ketones is 1. The van der Waals surface area contributed by atoms with Crippen LogP contribution in [0.3, 0.4) is 0 Å². The van der Waals surface area contributed by atoms with E-state index < -0.39 is 23.5 Å². The molecule has 0 radical (unpaired) electrons. The van der Waals surface area contributed by atoms with Crippen molar-refractivity contribution < 1.29 is 28.2 Å². The molecule has 0 bridgehead atoms. The molecule has 0 fully saturated rings. The van der Waals surface area contributed by atoms with Gasteiger partial charge in [-0.3, -0.25) is 9.59 Å². The first-order valence-corrected chi connectivity index (χ1v) is 13.3. The first kappa shape index (κ1) is 27.5. The van der Waals surface area contributed by atoms with E-state index in [4.69, 9.17) is 20.8 Å². The summed E-state index contributed by atoms with van der Waals surface area (Å²) in [5.74, 6) is -1.95. The second kappa shape index (κ2) is 10.5. The summed E-state index contributed by atoms with van der Waals surface area (Å²) in [5.41, 5.74) is 2.73. The maximum absolute atomic E-state index is 13.9. The average Bonchev–Trinajstić information content (AvgIpc) is 3.46. The lowest BCUT2D eigenvalue weighted by atomic mass is 9.85. The molecule has 6 nitrogen and oxygen atoms in total. The molecule has 4 aromatic rings. The summed E-state index contributed by atoms with van der Waals surface area (Å²) in [5, 5.41) is 12.0. The number of methoxy groups -OCH3 is 1. The highest BCUT2D eigenvalue weighted by Gasteiger charge is 2.44. The molecule has 1 aromatic heterocycles. The number of aliphatic hydroxyl groups excluding tert-OH is 1. The van der Waals surface area contributed by atoms with Crippen LogP contribution >= 0.6 is 11.6 Å². The molecule has 1 aliphatic rings. The smallest absolute Gasteiger partial charge is 0.290 e. The SMILES string of the molecule is COc1cc(Cl)cc2cc(C(=O)C3=C(O)C(=O)N(CCc4ccc(F)cc4)C3c3ccc(C(C)(C)C)cc3)oc12. The van der Waals surface area contributed by atoms with Crippen LogP contribution in [0.25, 0.3) is 11.0 Å². The predicted octanol–water partition coefficient (Wildman–Crippen LogP) is 7.35. The van der Waals surface area contributed by atoms with E-state index in [0.717, 1.165) is 11.1 Å². The van der Waals surface area contributed by atoms with Crippen LogP contribution in [0.15, 0.2) is 82.5 Å². The Morgan fingerprint density at radius 3 is 2.38 bits per heavy atom. The number of hydrogen-bond donors (Lipinski definition) is 1. The first-order chi connectivity index (χ1) is 19.0. The zero-order valence-electron chi connectivity index (χ0n) is 22.6. The van der Waals surface area contributed by atoms with E-state index in [1.807, 2.05) is 24.3 Å². The van der Waals surface area contributed by atoms with E-state index in [1.165, 1.54) is 30.2 Å². The quantitative estimate of drug-likeness (QED) is 0.239. The van der Waals surface area contributed by atoms with Crippen molar-refractivity contribution in [3.63, 3.8) is 0 Å². The lowest BCUT2D eigenvalue weighted by molar-refractivity contribution is -0.129. The molecular weight excluding hydrogens is 533 g/mol. The Bertz CT molecular complexity index is 1630. The molecule has 40 heavy (non-hydrogen) atoms. The number of halogens is 2. The monoisotopic (exact) mass is 561 g/mol. The number of amides is 1. The van der Waals surface area contributed by atoms with Gasteiger partial charge in [0.1, 0.15) is 5.82 Å². The van der Waals surface area contributed by atoms with Crippen molar-refractivity contribution in [2.75, 3.05) is 13.7 Å². The zero-order valence-corrected chi connectivity index (χ0v) is 23.4. The molecule has 1 amide bonds. The molecule has 1 atom stereocenters. The van der Waals surface area contributed by atoms with Crippen molar-refractivity contribution in [2.45, 2.75) is 38.6 Å². The van der Waals surface area contributed by atoms with E-state index in [0.29, 0.717) is 33.7 Å². The first-order valence-electron chi connectivity index (χ1n) is 12.9. The van der Waals surface area contributed by atoms with E-state index >= 15 is 0 Å². The second-order valence-electron chi connectivity index (χ2n) is 10.9. The highest BCUT2D eigenvalue weighted by Crippen LogP contribution is 2.41. The Balaban J connectivity index is 1.56. The normalized spacial score (nSPS) is 15.8. The second-order valence-corrected chi connectivity index (χ2v) is 11.3. The average molecular weight is 562 g/mol. The molecule has 0 aliphatic carbocycles. The van der Waals surface area contributed by atoms with Gasteiger partial charge in [-0.1, -0.05) is 68.8 Å². The summed E-state index contributed by atoms with van der Waals surface area (Å²) in [6.07, 6.45) is 0.400. The topological polar surface area (TPSA) is 80.0 Å².